The predicted molar refractivity (Wildman–Crippen MR) is 95.6 cm³/mol. The summed E-state index contributed by atoms with van der Waals surface area (Å²) in [5.74, 6) is -0.412. The van der Waals surface area contributed by atoms with Gasteiger partial charge in [-0.1, -0.05) is 35.9 Å². The molecule has 5 nitrogen and oxygen atoms in total. The van der Waals surface area contributed by atoms with E-state index in [4.69, 9.17) is 16.9 Å². The van der Waals surface area contributed by atoms with Crippen LogP contribution in [0.25, 0.3) is 0 Å². The van der Waals surface area contributed by atoms with Gasteiger partial charge in [0.25, 0.3) is 0 Å². The van der Waals surface area contributed by atoms with Crippen LogP contribution >= 0.6 is 11.6 Å². The van der Waals surface area contributed by atoms with Crippen LogP contribution in [-0.4, -0.2) is 11.8 Å². The van der Waals surface area contributed by atoms with E-state index in [1.165, 1.54) is 6.92 Å². The van der Waals surface area contributed by atoms with E-state index in [0.29, 0.717) is 17.1 Å². The minimum Gasteiger partial charge on any atom is -0.352 e. The molecule has 0 radical (unpaired) electrons. The predicted octanol–water partition coefficient (Wildman–Crippen LogP) is 3.10. The van der Waals surface area contributed by atoms with Crippen LogP contribution in [-0.2, 0) is 16.1 Å². The molecule has 6 heteroatoms. The maximum atomic E-state index is 12.2. The summed E-state index contributed by atoms with van der Waals surface area (Å²) in [6.45, 7) is 1.73. The van der Waals surface area contributed by atoms with Crippen molar-refractivity contribution in [1.82, 2.24) is 10.6 Å². The van der Waals surface area contributed by atoms with Gasteiger partial charge in [-0.05, 0) is 35.4 Å². The fourth-order valence-electron chi connectivity index (χ4n) is 2.40. The number of amides is 2. The Bertz CT molecular complexity index is 797. The molecule has 128 valence electrons. The van der Waals surface area contributed by atoms with Gasteiger partial charge in [0.05, 0.1) is 24.1 Å². The fourth-order valence-corrected chi connectivity index (χ4v) is 2.53. The zero-order valence-electron chi connectivity index (χ0n) is 13.8. The molecular formula is C19H18ClN3O2. The van der Waals surface area contributed by atoms with Crippen molar-refractivity contribution in [1.29, 1.82) is 5.26 Å². The number of benzene rings is 2. The monoisotopic (exact) mass is 355 g/mol. The average Bonchev–Trinajstić information content (AvgIpc) is 2.60. The molecule has 0 aromatic heterocycles. The maximum absolute atomic E-state index is 12.2. The molecule has 0 saturated heterocycles. The van der Waals surface area contributed by atoms with Crippen molar-refractivity contribution < 1.29 is 9.59 Å². The van der Waals surface area contributed by atoms with E-state index in [-0.39, 0.29) is 18.2 Å². The molecule has 2 rings (SSSR count). The van der Waals surface area contributed by atoms with Crippen molar-refractivity contribution in [2.45, 2.75) is 25.9 Å². The maximum Gasteiger partial charge on any atom is 0.222 e. The molecule has 0 aliphatic rings. The van der Waals surface area contributed by atoms with E-state index >= 15 is 0 Å². The molecule has 0 fully saturated rings. The molecule has 2 aromatic carbocycles. The first-order valence-electron chi connectivity index (χ1n) is 7.76. The van der Waals surface area contributed by atoms with E-state index in [1.54, 1.807) is 42.5 Å². The second kappa shape index (κ2) is 8.86. The first kappa shape index (κ1) is 18.5. The van der Waals surface area contributed by atoms with Gasteiger partial charge in [-0.2, -0.15) is 5.26 Å². The number of carbonyl (C=O) groups excluding carboxylic acids is 2. The molecule has 25 heavy (non-hydrogen) atoms. The van der Waals surface area contributed by atoms with Crippen molar-refractivity contribution in [2.24, 2.45) is 0 Å². The van der Waals surface area contributed by atoms with E-state index < -0.39 is 6.04 Å². The normalized spacial score (nSPS) is 11.2. The Morgan fingerprint density at radius 1 is 1.20 bits per heavy atom. The van der Waals surface area contributed by atoms with Gasteiger partial charge in [0.2, 0.25) is 11.8 Å². The molecule has 0 bridgehead atoms. The highest BCUT2D eigenvalue weighted by atomic mass is 35.5. The number of halogens is 1. The average molecular weight is 356 g/mol. The van der Waals surface area contributed by atoms with Crippen molar-refractivity contribution in [3.05, 3.63) is 70.2 Å². The highest BCUT2D eigenvalue weighted by Crippen LogP contribution is 2.19. The summed E-state index contributed by atoms with van der Waals surface area (Å²) in [5, 5.41) is 15.1. The van der Waals surface area contributed by atoms with Crippen molar-refractivity contribution in [3.63, 3.8) is 0 Å². The lowest BCUT2D eigenvalue weighted by molar-refractivity contribution is -0.122. The van der Waals surface area contributed by atoms with E-state index in [9.17, 15) is 9.59 Å². The minimum atomic E-state index is -0.430. The van der Waals surface area contributed by atoms with Crippen LogP contribution in [0, 0.1) is 11.3 Å². The van der Waals surface area contributed by atoms with Gasteiger partial charge >= 0.3 is 0 Å². The van der Waals surface area contributed by atoms with Crippen LogP contribution in [0.15, 0.2) is 48.5 Å². The summed E-state index contributed by atoms with van der Waals surface area (Å²) in [5.41, 5.74) is 2.19. The topological polar surface area (TPSA) is 82.0 Å². The standard InChI is InChI=1S/C19H18ClN3O2/c1-13(24)23-18(16-5-7-17(20)8-6-16)10-19(25)22-12-15-4-2-3-14(9-15)11-21/h2-9,18H,10,12H2,1H3,(H,22,25)(H,23,24). The van der Waals surface area contributed by atoms with Crippen molar-refractivity contribution in [3.8, 4) is 6.07 Å². The van der Waals surface area contributed by atoms with Gasteiger partial charge in [0.15, 0.2) is 0 Å². The largest absolute Gasteiger partial charge is 0.352 e. The SMILES string of the molecule is CC(=O)NC(CC(=O)NCc1cccc(C#N)c1)c1ccc(Cl)cc1. The molecule has 0 heterocycles. The molecule has 1 atom stereocenters. The van der Waals surface area contributed by atoms with Crippen LogP contribution in [0.2, 0.25) is 5.02 Å². The molecule has 0 spiro atoms. The molecule has 0 aliphatic heterocycles. The van der Waals surface area contributed by atoms with Gasteiger partial charge in [0.1, 0.15) is 0 Å². The highest BCUT2D eigenvalue weighted by Gasteiger charge is 2.17. The second-order valence-corrected chi connectivity index (χ2v) is 6.03. The fraction of sp³-hybridized carbons (Fsp3) is 0.211. The Hall–Kier alpha value is -2.84. The second-order valence-electron chi connectivity index (χ2n) is 5.60. The number of nitrogens with zero attached hydrogens (tertiary/aromatic N) is 1. The van der Waals surface area contributed by atoms with Crippen molar-refractivity contribution >= 4 is 23.4 Å². The number of rotatable bonds is 6. The number of hydrogen-bond donors (Lipinski definition) is 2. The molecule has 0 saturated carbocycles. The molecule has 2 N–H and O–H groups in total. The third-order valence-corrected chi connectivity index (χ3v) is 3.84. The summed E-state index contributed by atoms with van der Waals surface area (Å²) < 4.78 is 0. The van der Waals surface area contributed by atoms with Gasteiger partial charge in [0, 0.05) is 18.5 Å². The summed E-state index contributed by atoms with van der Waals surface area (Å²) in [6, 6.07) is 15.7. The summed E-state index contributed by atoms with van der Waals surface area (Å²) >= 11 is 5.88. The van der Waals surface area contributed by atoms with Crippen LogP contribution < -0.4 is 10.6 Å². The van der Waals surface area contributed by atoms with Crippen LogP contribution in [0.1, 0.15) is 36.1 Å². The summed E-state index contributed by atoms with van der Waals surface area (Å²) in [6.07, 6.45) is 0.110. The third-order valence-electron chi connectivity index (χ3n) is 3.59. The van der Waals surface area contributed by atoms with E-state index in [2.05, 4.69) is 16.7 Å². The molecule has 0 aliphatic carbocycles. The van der Waals surface area contributed by atoms with Gasteiger partial charge in [-0.25, -0.2) is 0 Å². The quantitative estimate of drug-likeness (QED) is 0.835. The number of nitrogens with one attached hydrogen (secondary N) is 2. The van der Waals surface area contributed by atoms with E-state index in [0.717, 1.165) is 11.1 Å². The Kier molecular flexibility index (Phi) is 6.55. The molecule has 2 amide bonds. The summed E-state index contributed by atoms with van der Waals surface area (Å²) in [7, 11) is 0. The highest BCUT2D eigenvalue weighted by molar-refractivity contribution is 6.30. The Balaban J connectivity index is 2.00. The first-order valence-corrected chi connectivity index (χ1v) is 8.14. The van der Waals surface area contributed by atoms with Crippen LogP contribution in [0.5, 0.6) is 0 Å². The third kappa shape index (κ3) is 5.94. The van der Waals surface area contributed by atoms with Crippen LogP contribution in [0.4, 0.5) is 0 Å². The summed E-state index contributed by atoms with van der Waals surface area (Å²) in [4.78, 5) is 23.7. The Morgan fingerprint density at radius 3 is 2.56 bits per heavy atom. The lowest BCUT2D eigenvalue weighted by Gasteiger charge is -2.18. The van der Waals surface area contributed by atoms with Gasteiger partial charge in [-0.15, -0.1) is 0 Å². The van der Waals surface area contributed by atoms with E-state index in [1.807, 2.05) is 6.07 Å². The smallest absolute Gasteiger partial charge is 0.222 e. The lowest BCUT2D eigenvalue weighted by atomic mass is 10.0. The van der Waals surface area contributed by atoms with Crippen molar-refractivity contribution in [2.75, 3.05) is 0 Å². The lowest BCUT2D eigenvalue weighted by Crippen LogP contribution is -2.32. The number of carbonyl (C=O) groups is 2. The Labute approximate surface area is 151 Å². The van der Waals surface area contributed by atoms with Crippen LogP contribution in [0.3, 0.4) is 0 Å². The van der Waals surface area contributed by atoms with Gasteiger partial charge in [-0.3, -0.25) is 9.59 Å². The minimum absolute atomic E-state index is 0.110. The molecule has 2 aromatic rings. The Morgan fingerprint density at radius 2 is 1.92 bits per heavy atom. The number of hydrogen-bond acceptors (Lipinski definition) is 3. The molecule has 1 unspecified atom stereocenters. The molecular weight excluding hydrogens is 338 g/mol. The first-order chi connectivity index (χ1) is 12.0. The zero-order valence-corrected chi connectivity index (χ0v) is 14.5. The van der Waals surface area contributed by atoms with Gasteiger partial charge < -0.3 is 10.6 Å². The number of nitriles is 1. The zero-order chi connectivity index (χ0) is 18.2.